The van der Waals surface area contributed by atoms with E-state index in [0.717, 1.165) is 45.1 Å². The summed E-state index contributed by atoms with van der Waals surface area (Å²) in [7, 11) is 0. The van der Waals surface area contributed by atoms with Gasteiger partial charge in [0.2, 0.25) is 0 Å². The lowest BCUT2D eigenvalue weighted by atomic mass is 9.75. The monoisotopic (exact) mass is 590 g/mol. The smallest absolute Gasteiger partial charge is 0.137 e. The molecule has 8 aromatic rings. The van der Waals surface area contributed by atoms with Gasteiger partial charge in [0, 0.05) is 34.7 Å². The number of nitrogens with zero attached hydrogens (tertiary/aromatic N) is 4. The van der Waals surface area contributed by atoms with Gasteiger partial charge in [-0.1, -0.05) is 84.9 Å². The van der Waals surface area contributed by atoms with Gasteiger partial charge in [-0.3, -0.25) is 4.57 Å². The van der Waals surface area contributed by atoms with E-state index in [-0.39, 0.29) is 5.41 Å². The number of hydrogen-bond donors (Lipinski definition) is 0. The van der Waals surface area contributed by atoms with E-state index in [0.29, 0.717) is 0 Å². The van der Waals surface area contributed by atoms with Crippen LogP contribution in [0.4, 0.5) is 0 Å². The molecule has 0 unspecified atom stereocenters. The lowest BCUT2D eigenvalue weighted by molar-refractivity contribution is 0.483. The summed E-state index contributed by atoms with van der Waals surface area (Å²) in [5.74, 6) is 2.38. The van der Waals surface area contributed by atoms with Crippen molar-refractivity contribution in [2.24, 2.45) is 0 Å². The third-order valence-electron chi connectivity index (χ3n) is 9.54. The maximum atomic E-state index is 6.52. The number of benzene rings is 5. The maximum Gasteiger partial charge on any atom is 0.137 e. The molecule has 5 nitrogen and oxygen atoms in total. The number of pyridine rings is 1. The summed E-state index contributed by atoms with van der Waals surface area (Å²) < 4.78 is 10.7. The van der Waals surface area contributed by atoms with E-state index < -0.39 is 0 Å². The second-order valence-electron chi connectivity index (χ2n) is 11.9. The summed E-state index contributed by atoms with van der Waals surface area (Å²) in [5, 5.41) is 7.27. The lowest BCUT2D eigenvalue weighted by Gasteiger charge is -2.25. The number of para-hydroxylation sites is 1. The summed E-state index contributed by atoms with van der Waals surface area (Å²) in [4.78, 5) is 4.66. The molecule has 216 valence electrons. The van der Waals surface area contributed by atoms with E-state index in [1.807, 2.05) is 53.5 Å². The largest absolute Gasteiger partial charge is 0.457 e. The Bertz CT molecular complexity index is 2470. The third-order valence-corrected chi connectivity index (χ3v) is 9.54. The Labute approximate surface area is 265 Å². The minimum absolute atomic E-state index is 0.337. The summed E-state index contributed by atoms with van der Waals surface area (Å²) in [5.41, 5.74) is 10.2. The molecule has 0 amide bonds. The Morgan fingerprint density at radius 2 is 1.33 bits per heavy atom. The zero-order chi connectivity index (χ0) is 30.2. The molecule has 0 bridgehead atoms. The molecule has 3 heterocycles. The second-order valence-corrected chi connectivity index (χ2v) is 11.9. The van der Waals surface area contributed by atoms with Gasteiger partial charge in [-0.2, -0.15) is 5.10 Å². The van der Waals surface area contributed by atoms with Gasteiger partial charge in [0.25, 0.3) is 0 Å². The Balaban J connectivity index is 1.04. The van der Waals surface area contributed by atoms with Crippen LogP contribution in [0.2, 0.25) is 0 Å². The number of aromatic nitrogens is 4. The molecule has 1 spiro atoms. The van der Waals surface area contributed by atoms with Crippen molar-refractivity contribution in [3.63, 3.8) is 0 Å². The van der Waals surface area contributed by atoms with Crippen LogP contribution in [0.5, 0.6) is 11.5 Å². The van der Waals surface area contributed by atoms with Crippen molar-refractivity contribution in [1.82, 2.24) is 19.3 Å². The quantitative estimate of drug-likeness (QED) is 0.205. The Morgan fingerprint density at radius 3 is 2.15 bits per heavy atom. The molecule has 0 N–H and O–H groups in total. The van der Waals surface area contributed by atoms with Crippen LogP contribution in [0.1, 0.15) is 22.4 Å². The van der Waals surface area contributed by atoms with Crippen LogP contribution in [0.3, 0.4) is 0 Å². The molecule has 46 heavy (non-hydrogen) atoms. The molecule has 5 heteroatoms. The van der Waals surface area contributed by atoms with Crippen molar-refractivity contribution >= 4 is 27.9 Å². The molecule has 0 radical (unpaired) electrons. The SMILES string of the molecule is C1=CC2(c3ccccc3-c3ccccc32)c2cnn(-c3cccc(Oc4ccc5c6ccccc6n(-c6ccccn6)c5c4)c3)c21. The molecule has 0 aliphatic heterocycles. The van der Waals surface area contributed by atoms with Crippen LogP contribution in [0, 0.1) is 0 Å². The minimum atomic E-state index is -0.337. The Morgan fingerprint density at radius 1 is 0.587 bits per heavy atom. The van der Waals surface area contributed by atoms with Crippen molar-refractivity contribution in [3.05, 3.63) is 174 Å². The van der Waals surface area contributed by atoms with E-state index in [1.165, 1.54) is 33.2 Å². The van der Waals surface area contributed by atoms with E-state index in [9.17, 15) is 0 Å². The topological polar surface area (TPSA) is 44.9 Å². The molecular weight excluding hydrogens is 564 g/mol. The first kappa shape index (κ1) is 25.2. The van der Waals surface area contributed by atoms with E-state index in [4.69, 9.17) is 9.84 Å². The van der Waals surface area contributed by atoms with Crippen LogP contribution >= 0.6 is 0 Å². The van der Waals surface area contributed by atoms with Gasteiger partial charge in [0.05, 0.1) is 34.0 Å². The van der Waals surface area contributed by atoms with Crippen molar-refractivity contribution < 1.29 is 4.74 Å². The summed E-state index contributed by atoms with van der Waals surface area (Å²) in [6, 6.07) is 46.3. The van der Waals surface area contributed by atoms with Crippen molar-refractivity contribution in [2.75, 3.05) is 0 Å². The molecule has 0 saturated heterocycles. The normalized spacial score (nSPS) is 13.7. The van der Waals surface area contributed by atoms with Crippen LogP contribution in [-0.2, 0) is 5.41 Å². The molecule has 0 fully saturated rings. The first-order valence-electron chi connectivity index (χ1n) is 15.5. The predicted octanol–water partition coefficient (Wildman–Crippen LogP) is 9.50. The van der Waals surface area contributed by atoms with Crippen molar-refractivity contribution in [1.29, 1.82) is 0 Å². The molecule has 0 atom stereocenters. The van der Waals surface area contributed by atoms with E-state index in [1.54, 1.807) is 0 Å². The summed E-state index contributed by atoms with van der Waals surface area (Å²) in [6.07, 6.45) is 8.43. The average Bonchev–Trinajstić information content (AvgIpc) is 3.86. The van der Waals surface area contributed by atoms with Gasteiger partial charge in [-0.15, -0.1) is 0 Å². The molecule has 10 rings (SSSR count). The number of ether oxygens (including phenoxy) is 1. The van der Waals surface area contributed by atoms with Crippen molar-refractivity contribution in [3.8, 4) is 34.1 Å². The van der Waals surface area contributed by atoms with E-state index in [2.05, 4.69) is 119 Å². The van der Waals surface area contributed by atoms with Crippen LogP contribution in [-0.4, -0.2) is 19.3 Å². The lowest BCUT2D eigenvalue weighted by Crippen LogP contribution is -2.21. The minimum Gasteiger partial charge on any atom is -0.457 e. The molecule has 2 aliphatic carbocycles. The fourth-order valence-corrected chi connectivity index (χ4v) is 7.62. The van der Waals surface area contributed by atoms with Crippen LogP contribution in [0.15, 0.2) is 152 Å². The van der Waals surface area contributed by atoms with Gasteiger partial charge < -0.3 is 4.74 Å². The fourth-order valence-electron chi connectivity index (χ4n) is 7.62. The summed E-state index contributed by atoms with van der Waals surface area (Å²) in [6.45, 7) is 0. The zero-order valence-corrected chi connectivity index (χ0v) is 24.7. The van der Waals surface area contributed by atoms with Gasteiger partial charge in [0.1, 0.15) is 17.3 Å². The molecule has 2 aliphatic rings. The average molecular weight is 591 g/mol. The highest BCUT2D eigenvalue weighted by atomic mass is 16.5. The number of fused-ring (bicyclic) bond motifs is 10. The highest BCUT2D eigenvalue weighted by molar-refractivity contribution is 6.09. The van der Waals surface area contributed by atoms with Gasteiger partial charge >= 0.3 is 0 Å². The van der Waals surface area contributed by atoms with Gasteiger partial charge in [-0.25, -0.2) is 9.67 Å². The van der Waals surface area contributed by atoms with Gasteiger partial charge in [0.15, 0.2) is 0 Å². The second kappa shape index (κ2) is 9.40. The Hall–Kier alpha value is -6.20. The first-order valence-corrected chi connectivity index (χ1v) is 15.5. The molecular formula is C41H26N4O. The number of hydrogen-bond acceptors (Lipinski definition) is 3. The molecule has 3 aromatic heterocycles. The van der Waals surface area contributed by atoms with Crippen LogP contribution in [0.25, 0.3) is 50.5 Å². The molecule has 5 aromatic carbocycles. The Kier molecular flexibility index (Phi) is 5.14. The fraction of sp³-hybridized carbons (Fsp3) is 0.0244. The number of rotatable bonds is 4. The van der Waals surface area contributed by atoms with Gasteiger partial charge in [-0.05, 0) is 70.8 Å². The third kappa shape index (κ3) is 3.39. The van der Waals surface area contributed by atoms with E-state index >= 15 is 0 Å². The van der Waals surface area contributed by atoms with Crippen molar-refractivity contribution in [2.45, 2.75) is 5.41 Å². The maximum absolute atomic E-state index is 6.52. The summed E-state index contributed by atoms with van der Waals surface area (Å²) >= 11 is 0. The van der Waals surface area contributed by atoms with Crippen LogP contribution < -0.4 is 4.74 Å². The highest BCUT2D eigenvalue weighted by Crippen LogP contribution is 2.56. The molecule has 0 saturated carbocycles. The standard InChI is InChI=1S/C41H26N4O/c1-4-15-34-30(12-1)31-13-2-5-16-35(31)41(34)22-21-38-36(41)26-43-45(38)27-10-9-11-28(24-27)46-29-19-20-33-32-14-3-6-17-37(32)44(39(33)25-29)40-18-7-8-23-42-40/h1-26H. The predicted molar refractivity (Wildman–Crippen MR) is 183 cm³/mol. The zero-order valence-electron chi connectivity index (χ0n) is 24.7. The number of allylic oxidation sites excluding steroid dienone is 1. The highest BCUT2D eigenvalue weighted by Gasteiger charge is 2.47. The first-order chi connectivity index (χ1) is 22.8.